The molecule has 1 aromatic heterocycles. The Morgan fingerprint density at radius 3 is 3.00 bits per heavy atom. The van der Waals surface area contributed by atoms with Gasteiger partial charge in [0.15, 0.2) is 0 Å². The lowest BCUT2D eigenvalue weighted by Crippen LogP contribution is -2.31. The van der Waals surface area contributed by atoms with Crippen molar-refractivity contribution in [3.63, 3.8) is 0 Å². The lowest BCUT2D eigenvalue weighted by atomic mass is 10.2. The van der Waals surface area contributed by atoms with Gasteiger partial charge >= 0.3 is 0 Å². The fourth-order valence-electron chi connectivity index (χ4n) is 2.19. The smallest absolute Gasteiger partial charge is 0.270 e. The van der Waals surface area contributed by atoms with Crippen LogP contribution < -0.4 is 5.32 Å². The number of thiazole rings is 1. The third-order valence-electron chi connectivity index (χ3n) is 3.27. The zero-order valence-corrected chi connectivity index (χ0v) is 11.9. The summed E-state index contributed by atoms with van der Waals surface area (Å²) in [7, 11) is 0. The molecule has 5 heteroatoms. The Bertz CT molecular complexity index is 577. The van der Waals surface area contributed by atoms with Crippen molar-refractivity contribution in [2.24, 2.45) is 0 Å². The maximum absolute atomic E-state index is 12.0. The van der Waals surface area contributed by atoms with E-state index >= 15 is 0 Å². The van der Waals surface area contributed by atoms with Gasteiger partial charge in [-0.3, -0.25) is 4.79 Å². The molecule has 0 bridgehead atoms. The quantitative estimate of drug-likeness (QED) is 0.941. The van der Waals surface area contributed by atoms with E-state index in [1.165, 1.54) is 11.3 Å². The van der Waals surface area contributed by atoms with Crippen LogP contribution in [0.2, 0.25) is 0 Å². The number of carbonyl (C=O) groups excluding carboxylic acids is 1. The van der Waals surface area contributed by atoms with Crippen LogP contribution >= 0.6 is 11.3 Å². The van der Waals surface area contributed by atoms with Crippen LogP contribution in [0.15, 0.2) is 35.7 Å². The van der Waals surface area contributed by atoms with E-state index in [1.54, 1.807) is 5.38 Å². The lowest BCUT2D eigenvalue weighted by molar-refractivity contribution is 0.0854. The summed E-state index contributed by atoms with van der Waals surface area (Å²) in [6.45, 7) is 1.37. The molecule has 1 atom stereocenters. The summed E-state index contributed by atoms with van der Waals surface area (Å²) in [4.78, 5) is 16.4. The number of nitrogens with zero attached hydrogens (tertiary/aromatic N) is 1. The lowest BCUT2D eigenvalue weighted by Gasteiger charge is -2.09. The molecule has 1 unspecified atom stereocenters. The standard InChI is InChI=1S/C15H16N2O2S/c18-14(16-9-12-7-4-8-19-12)13-10-20-15(17-13)11-5-2-1-3-6-11/h1-3,5-6,10,12H,4,7-9H2,(H,16,18). The number of amides is 1. The second-order valence-electron chi connectivity index (χ2n) is 4.75. The molecule has 1 saturated heterocycles. The van der Waals surface area contributed by atoms with E-state index in [1.807, 2.05) is 30.3 Å². The van der Waals surface area contributed by atoms with Crippen molar-refractivity contribution in [2.45, 2.75) is 18.9 Å². The SMILES string of the molecule is O=C(NCC1CCCO1)c1csc(-c2ccccc2)n1. The molecule has 1 N–H and O–H groups in total. The fourth-order valence-corrected chi connectivity index (χ4v) is 3.00. The molecular weight excluding hydrogens is 272 g/mol. The van der Waals surface area contributed by atoms with Crippen LogP contribution in [0.25, 0.3) is 10.6 Å². The monoisotopic (exact) mass is 288 g/mol. The van der Waals surface area contributed by atoms with Crippen LogP contribution in [0.4, 0.5) is 0 Å². The second kappa shape index (κ2) is 6.15. The Morgan fingerprint density at radius 2 is 2.25 bits per heavy atom. The van der Waals surface area contributed by atoms with Crippen LogP contribution in [0, 0.1) is 0 Å². The zero-order valence-electron chi connectivity index (χ0n) is 11.0. The summed E-state index contributed by atoms with van der Waals surface area (Å²) in [5.41, 5.74) is 1.52. The van der Waals surface area contributed by atoms with Crippen molar-refractivity contribution in [1.82, 2.24) is 10.3 Å². The van der Waals surface area contributed by atoms with Gasteiger partial charge in [0.1, 0.15) is 10.7 Å². The first-order valence-corrected chi connectivity index (χ1v) is 7.61. The van der Waals surface area contributed by atoms with Gasteiger partial charge < -0.3 is 10.1 Å². The highest BCUT2D eigenvalue weighted by molar-refractivity contribution is 7.13. The number of hydrogen-bond acceptors (Lipinski definition) is 4. The summed E-state index contributed by atoms with van der Waals surface area (Å²) in [6.07, 6.45) is 2.26. The average molecular weight is 288 g/mol. The number of hydrogen-bond donors (Lipinski definition) is 1. The maximum Gasteiger partial charge on any atom is 0.270 e. The number of nitrogens with one attached hydrogen (secondary N) is 1. The second-order valence-corrected chi connectivity index (χ2v) is 5.61. The van der Waals surface area contributed by atoms with E-state index in [-0.39, 0.29) is 12.0 Å². The molecule has 0 spiro atoms. The minimum Gasteiger partial charge on any atom is -0.376 e. The molecule has 1 aliphatic rings. The minimum absolute atomic E-state index is 0.126. The Kier molecular flexibility index (Phi) is 4.08. The molecule has 0 aliphatic carbocycles. The predicted octanol–water partition coefficient (Wildman–Crippen LogP) is 2.72. The normalized spacial score (nSPS) is 18.1. The average Bonchev–Trinajstić information content (AvgIpc) is 3.17. The molecule has 0 saturated carbocycles. The van der Waals surface area contributed by atoms with E-state index in [2.05, 4.69) is 10.3 Å². The van der Waals surface area contributed by atoms with E-state index < -0.39 is 0 Å². The summed E-state index contributed by atoms with van der Waals surface area (Å²) >= 11 is 1.49. The molecule has 4 nitrogen and oxygen atoms in total. The first-order valence-electron chi connectivity index (χ1n) is 6.73. The molecule has 3 rings (SSSR count). The highest BCUT2D eigenvalue weighted by Crippen LogP contribution is 2.23. The first-order chi connectivity index (χ1) is 9.83. The van der Waals surface area contributed by atoms with Gasteiger partial charge in [-0.1, -0.05) is 30.3 Å². The van der Waals surface area contributed by atoms with Gasteiger partial charge in [0.25, 0.3) is 5.91 Å². The predicted molar refractivity (Wildman–Crippen MR) is 78.9 cm³/mol. The molecule has 20 heavy (non-hydrogen) atoms. The number of ether oxygens (including phenoxy) is 1. The molecule has 1 fully saturated rings. The van der Waals surface area contributed by atoms with Crippen molar-refractivity contribution in [2.75, 3.05) is 13.2 Å². The van der Waals surface area contributed by atoms with Crippen molar-refractivity contribution >= 4 is 17.2 Å². The van der Waals surface area contributed by atoms with Crippen LogP contribution in [-0.4, -0.2) is 30.1 Å². The van der Waals surface area contributed by atoms with Crippen LogP contribution in [0.5, 0.6) is 0 Å². The Morgan fingerprint density at radius 1 is 1.40 bits per heavy atom. The van der Waals surface area contributed by atoms with Gasteiger partial charge in [0.05, 0.1) is 6.10 Å². The topological polar surface area (TPSA) is 51.2 Å². The molecule has 0 radical (unpaired) electrons. The Balaban J connectivity index is 1.62. The van der Waals surface area contributed by atoms with Gasteiger partial charge in [-0.25, -0.2) is 4.98 Å². The van der Waals surface area contributed by atoms with Crippen molar-refractivity contribution in [3.05, 3.63) is 41.4 Å². The first kappa shape index (κ1) is 13.3. The molecule has 1 amide bonds. The van der Waals surface area contributed by atoms with Gasteiger partial charge in [0.2, 0.25) is 0 Å². The van der Waals surface area contributed by atoms with Crippen LogP contribution in [0.3, 0.4) is 0 Å². The highest BCUT2D eigenvalue weighted by Gasteiger charge is 2.18. The van der Waals surface area contributed by atoms with Crippen LogP contribution in [0.1, 0.15) is 23.3 Å². The van der Waals surface area contributed by atoms with Crippen molar-refractivity contribution in [3.8, 4) is 10.6 Å². The van der Waals surface area contributed by atoms with Crippen LogP contribution in [-0.2, 0) is 4.74 Å². The van der Waals surface area contributed by atoms with Gasteiger partial charge in [-0.2, -0.15) is 0 Å². The number of aromatic nitrogens is 1. The number of benzene rings is 1. The van der Waals surface area contributed by atoms with Gasteiger partial charge in [-0.15, -0.1) is 11.3 Å². The highest BCUT2D eigenvalue weighted by atomic mass is 32.1. The largest absolute Gasteiger partial charge is 0.376 e. The summed E-state index contributed by atoms with van der Waals surface area (Å²) < 4.78 is 5.48. The minimum atomic E-state index is -0.126. The van der Waals surface area contributed by atoms with E-state index in [0.717, 1.165) is 30.0 Å². The van der Waals surface area contributed by atoms with Gasteiger partial charge in [-0.05, 0) is 12.8 Å². The van der Waals surface area contributed by atoms with E-state index in [9.17, 15) is 4.79 Å². The molecule has 1 aromatic carbocycles. The third kappa shape index (κ3) is 3.05. The number of rotatable bonds is 4. The molecule has 1 aliphatic heterocycles. The third-order valence-corrected chi connectivity index (χ3v) is 4.16. The van der Waals surface area contributed by atoms with Crippen molar-refractivity contribution in [1.29, 1.82) is 0 Å². The molecular formula is C15H16N2O2S. The Labute approximate surface area is 121 Å². The molecule has 104 valence electrons. The summed E-state index contributed by atoms with van der Waals surface area (Å²) in [6, 6.07) is 9.88. The van der Waals surface area contributed by atoms with E-state index in [0.29, 0.717) is 12.2 Å². The number of carbonyl (C=O) groups is 1. The molecule has 2 heterocycles. The van der Waals surface area contributed by atoms with Gasteiger partial charge in [0, 0.05) is 24.1 Å². The zero-order chi connectivity index (χ0) is 13.8. The summed E-state index contributed by atoms with van der Waals surface area (Å²) in [5, 5.41) is 5.55. The molecule has 2 aromatic rings. The summed E-state index contributed by atoms with van der Waals surface area (Å²) in [5.74, 6) is -0.126. The van der Waals surface area contributed by atoms with Crippen molar-refractivity contribution < 1.29 is 9.53 Å². The Hall–Kier alpha value is -1.72. The fraction of sp³-hybridized carbons (Fsp3) is 0.333. The van der Waals surface area contributed by atoms with E-state index in [4.69, 9.17) is 4.74 Å². The maximum atomic E-state index is 12.0.